The number of nitrogens with zero attached hydrogens (tertiary/aromatic N) is 1. The lowest BCUT2D eigenvalue weighted by Crippen LogP contribution is -1.95. The van der Waals surface area contributed by atoms with Crippen LogP contribution >= 0.6 is 34.5 Å². The van der Waals surface area contributed by atoms with Gasteiger partial charge in [0.05, 0.1) is 20.7 Å². The first kappa shape index (κ1) is 14.3. The van der Waals surface area contributed by atoms with Crippen LogP contribution < -0.4 is 0 Å². The number of rotatable bonds is 4. The zero-order chi connectivity index (χ0) is 14.0. The van der Waals surface area contributed by atoms with Crippen molar-refractivity contribution in [2.75, 3.05) is 0 Å². The van der Waals surface area contributed by atoms with Gasteiger partial charge in [0.15, 0.2) is 0 Å². The average Bonchev–Trinajstić information content (AvgIpc) is 2.77. The molecule has 2 aromatic rings. The lowest BCUT2D eigenvalue weighted by Gasteiger charge is -2.01. The molecule has 1 aromatic heterocycles. The largest absolute Gasteiger partial charge is 0.477 e. The first-order valence-electron chi connectivity index (χ1n) is 5.71. The van der Waals surface area contributed by atoms with Crippen molar-refractivity contribution in [3.05, 3.63) is 38.1 Å². The molecule has 1 aromatic carbocycles. The molecule has 0 saturated carbocycles. The van der Waals surface area contributed by atoms with Gasteiger partial charge >= 0.3 is 5.97 Å². The van der Waals surface area contributed by atoms with E-state index in [1.165, 1.54) is 11.3 Å². The van der Waals surface area contributed by atoms with Gasteiger partial charge in [-0.2, -0.15) is 0 Å². The molecule has 3 nitrogen and oxygen atoms in total. The normalized spacial score (nSPS) is 10.7. The number of aromatic carboxylic acids is 1. The van der Waals surface area contributed by atoms with Gasteiger partial charge in [0.2, 0.25) is 0 Å². The van der Waals surface area contributed by atoms with Crippen LogP contribution in [0.2, 0.25) is 10.0 Å². The minimum absolute atomic E-state index is 0.238. The van der Waals surface area contributed by atoms with Crippen LogP contribution in [0.3, 0.4) is 0 Å². The van der Waals surface area contributed by atoms with Crippen molar-refractivity contribution in [2.45, 2.75) is 19.8 Å². The number of benzene rings is 1. The molecule has 0 aliphatic carbocycles. The molecule has 0 atom stereocenters. The minimum atomic E-state index is -0.971. The van der Waals surface area contributed by atoms with E-state index in [4.69, 9.17) is 23.2 Å². The summed E-state index contributed by atoms with van der Waals surface area (Å²) in [6.07, 6.45) is 1.69. The van der Waals surface area contributed by atoms with Gasteiger partial charge in [-0.15, -0.1) is 11.3 Å². The molecular weight excluding hydrogens is 305 g/mol. The fraction of sp³-hybridized carbons (Fsp3) is 0.231. The molecule has 0 radical (unpaired) electrons. The zero-order valence-corrected chi connectivity index (χ0v) is 12.4. The molecule has 1 heterocycles. The lowest BCUT2D eigenvalue weighted by molar-refractivity contribution is 0.0702. The molecule has 2 rings (SSSR count). The fourth-order valence-corrected chi connectivity index (χ4v) is 2.99. The fourth-order valence-electron chi connectivity index (χ4n) is 1.67. The van der Waals surface area contributed by atoms with Crippen LogP contribution in [0.5, 0.6) is 0 Å². The van der Waals surface area contributed by atoms with E-state index in [2.05, 4.69) is 4.98 Å². The Morgan fingerprint density at radius 3 is 2.68 bits per heavy atom. The quantitative estimate of drug-likeness (QED) is 0.884. The Kier molecular flexibility index (Phi) is 4.45. The Morgan fingerprint density at radius 1 is 1.37 bits per heavy atom. The highest BCUT2D eigenvalue weighted by molar-refractivity contribution is 7.14. The molecule has 6 heteroatoms. The Bertz CT molecular complexity index is 625. The van der Waals surface area contributed by atoms with Crippen LogP contribution in [-0.4, -0.2) is 16.1 Å². The molecule has 19 heavy (non-hydrogen) atoms. The predicted molar refractivity (Wildman–Crippen MR) is 78.5 cm³/mol. The third kappa shape index (κ3) is 3.08. The summed E-state index contributed by atoms with van der Waals surface area (Å²) >= 11 is 13.0. The van der Waals surface area contributed by atoms with Gasteiger partial charge in [-0.25, -0.2) is 9.78 Å². The van der Waals surface area contributed by atoms with Gasteiger partial charge in [-0.3, -0.25) is 0 Å². The number of carboxylic acids is 1. The molecule has 0 fully saturated rings. The number of hydrogen-bond donors (Lipinski definition) is 1. The molecule has 0 spiro atoms. The molecule has 0 saturated heterocycles. The van der Waals surface area contributed by atoms with E-state index in [-0.39, 0.29) is 4.88 Å². The minimum Gasteiger partial charge on any atom is -0.477 e. The van der Waals surface area contributed by atoms with E-state index in [1.807, 2.05) is 6.92 Å². The maximum atomic E-state index is 11.3. The molecule has 0 aliphatic rings. The number of carboxylic acid groups (broad SMARTS) is 1. The number of carbonyl (C=O) groups is 1. The standard InChI is InChI=1S/C13H11Cl2NO2S/c1-2-3-10-16-11(12(19-10)13(17)18)7-4-5-8(14)9(15)6-7/h4-6H,2-3H2,1H3,(H,17,18). The van der Waals surface area contributed by atoms with Crippen LogP contribution in [0.15, 0.2) is 18.2 Å². The number of thiazole rings is 1. The Labute approximate surface area is 124 Å². The second-order valence-corrected chi connectivity index (χ2v) is 5.87. The van der Waals surface area contributed by atoms with Crippen molar-refractivity contribution >= 4 is 40.5 Å². The number of aromatic nitrogens is 1. The van der Waals surface area contributed by atoms with Gasteiger partial charge in [-0.1, -0.05) is 36.2 Å². The first-order chi connectivity index (χ1) is 9.02. The summed E-state index contributed by atoms with van der Waals surface area (Å²) in [6, 6.07) is 5.01. The highest BCUT2D eigenvalue weighted by Crippen LogP contribution is 2.33. The summed E-state index contributed by atoms with van der Waals surface area (Å²) in [5, 5.41) is 10.9. The molecular formula is C13H11Cl2NO2S. The van der Waals surface area contributed by atoms with Gasteiger partial charge < -0.3 is 5.11 Å². The summed E-state index contributed by atoms with van der Waals surface area (Å²) < 4.78 is 0. The van der Waals surface area contributed by atoms with Crippen molar-refractivity contribution < 1.29 is 9.90 Å². The molecule has 1 N–H and O–H groups in total. The maximum absolute atomic E-state index is 11.3. The molecule has 0 aliphatic heterocycles. The Hall–Kier alpha value is -1.10. The third-order valence-electron chi connectivity index (χ3n) is 2.52. The Morgan fingerprint density at radius 2 is 2.11 bits per heavy atom. The van der Waals surface area contributed by atoms with Gasteiger partial charge in [0, 0.05) is 5.56 Å². The smallest absolute Gasteiger partial charge is 0.348 e. The van der Waals surface area contributed by atoms with E-state index in [0.29, 0.717) is 21.3 Å². The summed E-state index contributed by atoms with van der Waals surface area (Å²) in [5.74, 6) is -0.971. The molecule has 0 amide bonds. The van der Waals surface area contributed by atoms with E-state index in [9.17, 15) is 9.90 Å². The van der Waals surface area contributed by atoms with Gasteiger partial charge in [0.25, 0.3) is 0 Å². The van der Waals surface area contributed by atoms with Crippen molar-refractivity contribution in [1.29, 1.82) is 0 Å². The van der Waals surface area contributed by atoms with Crippen LogP contribution in [0.25, 0.3) is 11.3 Å². The third-order valence-corrected chi connectivity index (χ3v) is 4.36. The van der Waals surface area contributed by atoms with Crippen molar-refractivity contribution in [3.8, 4) is 11.3 Å². The van der Waals surface area contributed by atoms with Crippen LogP contribution in [-0.2, 0) is 6.42 Å². The topological polar surface area (TPSA) is 50.2 Å². The summed E-state index contributed by atoms with van der Waals surface area (Å²) in [7, 11) is 0. The van der Waals surface area contributed by atoms with E-state index >= 15 is 0 Å². The number of halogens is 2. The SMILES string of the molecule is CCCc1nc(-c2ccc(Cl)c(Cl)c2)c(C(=O)O)s1. The second kappa shape index (κ2) is 5.90. The number of hydrogen-bond acceptors (Lipinski definition) is 3. The molecule has 100 valence electrons. The summed E-state index contributed by atoms with van der Waals surface area (Å²) in [5.41, 5.74) is 1.13. The van der Waals surface area contributed by atoms with Crippen LogP contribution in [0.4, 0.5) is 0 Å². The van der Waals surface area contributed by atoms with Crippen LogP contribution in [0, 0.1) is 0 Å². The van der Waals surface area contributed by atoms with Crippen molar-refractivity contribution in [2.24, 2.45) is 0 Å². The van der Waals surface area contributed by atoms with E-state index < -0.39 is 5.97 Å². The maximum Gasteiger partial charge on any atom is 0.348 e. The molecule has 0 bridgehead atoms. The average molecular weight is 316 g/mol. The van der Waals surface area contributed by atoms with Crippen LogP contribution in [0.1, 0.15) is 28.0 Å². The van der Waals surface area contributed by atoms with Crippen molar-refractivity contribution in [3.63, 3.8) is 0 Å². The molecule has 0 unspecified atom stereocenters. The second-order valence-electron chi connectivity index (χ2n) is 3.97. The highest BCUT2D eigenvalue weighted by atomic mass is 35.5. The van der Waals surface area contributed by atoms with E-state index in [1.54, 1.807) is 18.2 Å². The van der Waals surface area contributed by atoms with Gasteiger partial charge in [0.1, 0.15) is 4.88 Å². The summed E-state index contributed by atoms with van der Waals surface area (Å²) in [4.78, 5) is 15.9. The highest BCUT2D eigenvalue weighted by Gasteiger charge is 2.19. The first-order valence-corrected chi connectivity index (χ1v) is 7.28. The predicted octanol–water partition coefficient (Wildman–Crippen LogP) is 4.77. The summed E-state index contributed by atoms with van der Waals surface area (Å²) in [6.45, 7) is 2.03. The lowest BCUT2D eigenvalue weighted by atomic mass is 10.1. The Balaban J connectivity index is 2.53. The van der Waals surface area contributed by atoms with E-state index in [0.717, 1.165) is 17.8 Å². The number of aryl methyl sites for hydroxylation is 1. The van der Waals surface area contributed by atoms with Crippen molar-refractivity contribution in [1.82, 2.24) is 4.98 Å². The zero-order valence-electron chi connectivity index (χ0n) is 10.1. The van der Waals surface area contributed by atoms with Gasteiger partial charge in [-0.05, 0) is 25.0 Å². The monoisotopic (exact) mass is 315 g/mol.